The molecule has 1 aromatic carbocycles. The third-order valence-corrected chi connectivity index (χ3v) is 5.23. The quantitative estimate of drug-likeness (QED) is 0.736. The van der Waals surface area contributed by atoms with Crippen LogP contribution >= 0.6 is 0 Å². The Kier molecular flexibility index (Phi) is 5.48. The van der Waals surface area contributed by atoms with Crippen molar-refractivity contribution in [3.8, 4) is 11.4 Å². The van der Waals surface area contributed by atoms with Crippen molar-refractivity contribution < 1.29 is 23.1 Å². The second-order valence-corrected chi connectivity index (χ2v) is 7.86. The SMILES string of the molecule is COc1ccccc1-n1cc(S(=O)(=O)NC(C)(C)CCC(=O)O)cn1. The summed E-state index contributed by atoms with van der Waals surface area (Å²) in [6.07, 6.45) is 2.66. The first-order valence-electron chi connectivity index (χ1n) is 7.58. The molecular weight excluding hydrogens is 346 g/mol. The van der Waals surface area contributed by atoms with E-state index in [-0.39, 0.29) is 17.7 Å². The molecule has 9 heteroatoms. The van der Waals surface area contributed by atoms with Crippen LogP contribution in [-0.2, 0) is 14.8 Å². The fourth-order valence-corrected chi connectivity index (χ4v) is 3.66. The average Bonchev–Trinajstić information content (AvgIpc) is 3.03. The van der Waals surface area contributed by atoms with E-state index in [1.165, 1.54) is 24.2 Å². The fourth-order valence-electron chi connectivity index (χ4n) is 2.29. The zero-order chi connectivity index (χ0) is 18.7. The summed E-state index contributed by atoms with van der Waals surface area (Å²) in [5.74, 6) is -0.416. The molecule has 0 saturated heterocycles. The third-order valence-electron chi connectivity index (χ3n) is 3.58. The topological polar surface area (TPSA) is 111 Å². The Morgan fingerprint density at radius 2 is 2.04 bits per heavy atom. The number of aliphatic carboxylic acids is 1. The molecule has 8 nitrogen and oxygen atoms in total. The van der Waals surface area contributed by atoms with Gasteiger partial charge in [0.15, 0.2) is 0 Å². The maximum atomic E-state index is 12.5. The summed E-state index contributed by atoms with van der Waals surface area (Å²) in [6.45, 7) is 3.27. The molecule has 0 saturated carbocycles. The summed E-state index contributed by atoms with van der Waals surface area (Å²) >= 11 is 0. The van der Waals surface area contributed by atoms with Crippen molar-refractivity contribution >= 4 is 16.0 Å². The van der Waals surface area contributed by atoms with Gasteiger partial charge in [-0.05, 0) is 32.4 Å². The Balaban J connectivity index is 2.24. The Morgan fingerprint density at radius 1 is 1.36 bits per heavy atom. The minimum atomic E-state index is -3.84. The van der Waals surface area contributed by atoms with Crippen LogP contribution in [0.2, 0.25) is 0 Å². The highest BCUT2D eigenvalue weighted by molar-refractivity contribution is 7.89. The van der Waals surface area contributed by atoms with Crippen LogP contribution in [0.3, 0.4) is 0 Å². The normalized spacial score (nSPS) is 12.1. The van der Waals surface area contributed by atoms with E-state index < -0.39 is 21.5 Å². The molecule has 1 aromatic heterocycles. The van der Waals surface area contributed by atoms with Crippen LogP contribution in [0.4, 0.5) is 0 Å². The van der Waals surface area contributed by atoms with E-state index >= 15 is 0 Å². The first-order valence-corrected chi connectivity index (χ1v) is 9.07. The van der Waals surface area contributed by atoms with E-state index in [2.05, 4.69) is 9.82 Å². The van der Waals surface area contributed by atoms with Gasteiger partial charge in [-0.1, -0.05) is 12.1 Å². The van der Waals surface area contributed by atoms with Crippen LogP contribution in [0.5, 0.6) is 5.75 Å². The number of sulfonamides is 1. The molecule has 0 unspecified atom stereocenters. The van der Waals surface area contributed by atoms with Crippen molar-refractivity contribution in [2.75, 3.05) is 7.11 Å². The van der Waals surface area contributed by atoms with Gasteiger partial charge in [-0.25, -0.2) is 17.8 Å². The summed E-state index contributed by atoms with van der Waals surface area (Å²) in [4.78, 5) is 10.7. The number of methoxy groups -OCH3 is 1. The fraction of sp³-hybridized carbons (Fsp3) is 0.375. The number of carboxylic acids is 1. The molecule has 136 valence electrons. The summed E-state index contributed by atoms with van der Waals surface area (Å²) in [6, 6.07) is 7.10. The molecule has 0 bridgehead atoms. The number of rotatable bonds is 8. The van der Waals surface area contributed by atoms with E-state index in [9.17, 15) is 13.2 Å². The standard InChI is InChI=1S/C16H21N3O5S/c1-16(2,9-8-15(20)21)18-25(22,23)12-10-17-19(11-12)13-6-4-5-7-14(13)24-3/h4-7,10-11,18H,8-9H2,1-3H3,(H,20,21). The average molecular weight is 367 g/mol. The highest BCUT2D eigenvalue weighted by Gasteiger charge is 2.28. The lowest BCUT2D eigenvalue weighted by molar-refractivity contribution is -0.137. The highest BCUT2D eigenvalue weighted by atomic mass is 32.2. The van der Waals surface area contributed by atoms with E-state index in [1.807, 2.05) is 0 Å². The minimum Gasteiger partial charge on any atom is -0.494 e. The minimum absolute atomic E-state index is 0.0122. The zero-order valence-corrected chi connectivity index (χ0v) is 15.1. The number of hydrogen-bond acceptors (Lipinski definition) is 5. The molecule has 0 radical (unpaired) electrons. The third kappa shape index (κ3) is 4.80. The van der Waals surface area contributed by atoms with Crippen LogP contribution in [0.25, 0.3) is 5.69 Å². The number of nitrogens with zero attached hydrogens (tertiary/aromatic N) is 2. The van der Waals surface area contributed by atoms with Crippen molar-refractivity contribution in [1.82, 2.24) is 14.5 Å². The summed E-state index contributed by atoms with van der Waals surface area (Å²) in [7, 11) is -2.32. The van der Waals surface area contributed by atoms with Crippen molar-refractivity contribution in [3.05, 3.63) is 36.7 Å². The first-order chi connectivity index (χ1) is 11.6. The molecular formula is C16H21N3O5S. The molecule has 2 rings (SSSR count). The van der Waals surface area contributed by atoms with E-state index in [0.717, 1.165) is 0 Å². The largest absolute Gasteiger partial charge is 0.494 e. The van der Waals surface area contributed by atoms with Crippen molar-refractivity contribution in [2.45, 2.75) is 37.1 Å². The van der Waals surface area contributed by atoms with Gasteiger partial charge in [0.1, 0.15) is 16.3 Å². The lowest BCUT2D eigenvalue weighted by Crippen LogP contribution is -2.43. The number of carbonyl (C=O) groups is 1. The predicted octanol–water partition coefficient (Wildman–Crippen LogP) is 1.80. The Hall–Kier alpha value is -2.39. The second kappa shape index (κ2) is 7.24. The van der Waals surface area contributed by atoms with Gasteiger partial charge >= 0.3 is 5.97 Å². The number of nitrogens with one attached hydrogen (secondary N) is 1. The van der Waals surface area contributed by atoms with Crippen LogP contribution in [-0.4, -0.2) is 41.9 Å². The molecule has 2 N–H and O–H groups in total. The molecule has 0 amide bonds. The van der Waals surface area contributed by atoms with Crippen molar-refractivity contribution in [1.29, 1.82) is 0 Å². The predicted molar refractivity (Wildman–Crippen MR) is 91.4 cm³/mol. The van der Waals surface area contributed by atoms with Gasteiger partial charge in [-0.3, -0.25) is 4.79 Å². The summed E-state index contributed by atoms with van der Waals surface area (Å²) in [5, 5.41) is 12.9. The summed E-state index contributed by atoms with van der Waals surface area (Å²) in [5.41, 5.74) is -0.291. The Labute approximate surface area is 146 Å². The maximum absolute atomic E-state index is 12.5. The highest BCUT2D eigenvalue weighted by Crippen LogP contribution is 2.23. The lowest BCUT2D eigenvalue weighted by atomic mass is 10.0. The number of para-hydroxylation sites is 2. The molecule has 0 aliphatic heterocycles. The summed E-state index contributed by atoms with van der Waals surface area (Å²) < 4.78 is 34.3. The van der Waals surface area contributed by atoms with Gasteiger partial charge in [-0.2, -0.15) is 5.10 Å². The molecule has 0 spiro atoms. The monoisotopic (exact) mass is 367 g/mol. The Morgan fingerprint density at radius 3 is 2.68 bits per heavy atom. The van der Waals surface area contributed by atoms with Crippen LogP contribution in [0, 0.1) is 0 Å². The zero-order valence-electron chi connectivity index (χ0n) is 14.3. The van der Waals surface area contributed by atoms with Gasteiger partial charge in [0.2, 0.25) is 10.0 Å². The molecule has 0 aliphatic carbocycles. The number of aromatic nitrogens is 2. The molecule has 2 aromatic rings. The maximum Gasteiger partial charge on any atom is 0.303 e. The first kappa shape index (κ1) is 18.9. The number of ether oxygens (including phenoxy) is 1. The van der Waals surface area contributed by atoms with Gasteiger partial charge in [-0.15, -0.1) is 0 Å². The number of carboxylic acid groups (broad SMARTS) is 1. The molecule has 0 fully saturated rings. The molecule has 25 heavy (non-hydrogen) atoms. The Bertz CT molecular complexity index is 858. The number of benzene rings is 1. The van der Waals surface area contributed by atoms with Crippen LogP contribution < -0.4 is 9.46 Å². The van der Waals surface area contributed by atoms with E-state index in [4.69, 9.17) is 9.84 Å². The molecule has 1 heterocycles. The van der Waals surface area contributed by atoms with E-state index in [0.29, 0.717) is 11.4 Å². The molecule has 0 aliphatic rings. The van der Waals surface area contributed by atoms with Gasteiger partial charge in [0.05, 0.1) is 19.5 Å². The smallest absolute Gasteiger partial charge is 0.303 e. The van der Waals surface area contributed by atoms with Crippen LogP contribution in [0.15, 0.2) is 41.6 Å². The van der Waals surface area contributed by atoms with Gasteiger partial charge in [0.25, 0.3) is 0 Å². The second-order valence-electron chi connectivity index (χ2n) is 6.18. The van der Waals surface area contributed by atoms with E-state index in [1.54, 1.807) is 38.1 Å². The van der Waals surface area contributed by atoms with Gasteiger partial charge < -0.3 is 9.84 Å². The molecule has 0 atom stereocenters. The van der Waals surface area contributed by atoms with Crippen molar-refractivity contribution in [2.24, 2.45) is 0 Å². The lowest BCUT2D eigenvalue weighted by Gasteiger charge is -2.24. The van der Waals surface area contributed by atoms with Crippen molar-refractivity contribution in [3.63, 3.8) is 0 Å². The number of hydrogen-bond donors (Lipinski definition) is 2. The van der Waals surface area contributed by atoms with Crippen LogP contribution in [0.1, 0.15) is 26.7 Å². The van der Waals surface area contributed by atoms with Gasteiger partial charge in [0, 0.05) is 12.0 Å².